The van der Waals surface area contributed by atoms with Crippen LogP contribution in [-0.2, 0) is 0 Å². The van der Waals surface area contributed by atoms with Crippen molar-refractivity contribution < 1.29 is 4.79 Å². The molecule has 5 rings (SSSR count). The van der Waals surface area contributed by atoms with Crippen LogP contribution in [0.1, 0.15) is 31.2 Å². The summed E-state index contributed by atoms with van der Waals surface area (Å²) in [5.41, 5.74) is 4.00. The highest BCUT2D eigenvalue weighted by Gasteiger charge is 2.44. The predicted octanol–water partition coefficient (Wildman–Crippen LogP) is 3.86. The minimum atomic E-state index is -0.0211. The van der Waals surface area contributed by atoms with Crippen molar-refractivity contribution in [2.75, 3.05) is 5.32 Å². The van der Waals surface area contributed by atoms with E-state index in [0.717, 1.165) is 41.6 Å². The zero-order valence-corrected chi connectivity index (χ0v) is 14.7. The van der Waals surface area contributed by atoms with Crippen LogP contribution in [0.5, 0.6) is 0 Å². The molecule has 0 saturated carbocycles. The highest BCUT2D eigenvalue weighted by Crippen LogP contribution is 2.38. The quantitative estimate of drug-likeness (QED) is 0.765. The van der Waals surface area contributed by atoms with Crippen LogP contribution >= 0.6 is 0 Å². The molecule has 6 heteroatoms. The fourth-order valence-electron chi connectivity index (χ4n) is 4.27. The van der Waals surface area contributed by atoms with E-state index in [1.165, 1.54) is 6.42 Å². The van der Waals surface area contributed by atoms with Gasteiger partial charge in [0.1, 0.15) is 11.5 Å². The summed E-state index contributed by atoms with van der Waals surface area (Å²) in [6, 6.07) is 6.69. The van der Waals surface area contributed by atoms with Gasteiger partial charge in [-0.2, -0.15) is 0 Å². The number of fused-ring (bicyclic) bond motifs is 3. The van der Waals surface area contributed by atoms with Crippen molar-refractivity contribution in [3.05, 3.63) is 48.5 Å². The van der Waals surface area contributed by atoms with E-state index in [0.29, 0.717) is 17.9 Å². The molecule has 0 spiro atoms. The molecular formula is C20H21N5O. The van der Waals surface area contributed by atoms with Gasteiger partial charge >= 0.3 is 6.03 Å². The van der Waals surface area contributed by atoms with E-state index in [4.69, 9.17) is 0 Å². The van der Waals surface area contributed by atoms with Crippen LogP contribution in [-0.4, -0.2) is 37.4 Å². The standard InChI is InChI=1S/C20H21N5O/c1-13-10-21-18(23-20(26)25-15-4-2-5-16(25)8-15)9-17(13)14-11-22-19-6-3-7-24(19)12-14/h3,6-7,9-12,15-16H,2,4-5,8H2,1H3,(H,21,23,26). The number of aryl methyl sites for hydroxylation is 1. The smallest absolute Gasteiger partial charge is 0.318 e. The van der Waals surface area contributed by atoms with Crippen molar-refractivity contribution in [1.82, 2.24) is 19.3 Å². The number of carbonyl (C=O) groups excluding carboxylic acids is 1. The van der Waals surface area contributed by atoms with Gasteiger partial charge in [0, 0.05) is 42.4 Å². The molecule has 2 atom stereocenters. The number of urea groups is 1. The minimum Gasteiger partial charge on any atom is -0.318 e. The first-order valence-corrected chi connectivity index (χ1v) is 9.18. The number of nitrogens with one attached hydrogen (secondary N) is 1. The van der Waals surface area contributed by atoms with Crippen LogP contribution < -0.4 is 5.32 Å². The molecular weight excluding hydrogens is 326 g/mol. The van der Waals surface area contributed by atoms with E-state index in [9.17, 15) is 4.79 Å². The average molecular weight is 347 g/mol. The van der Waals surface area contributed by atoms with E-state index >= 15 is 0 Å². The van der Waals surface area contributed by atoms with Crippen molar-refractivity contribution in [2.45, 2.75) is 44.7 Å². The number of hydrogen-bond donors (Lipinski definition) is 1. The van der Waals surface area contributed by atoms with Crippen molar-refractivity contribution in [3.63, 3.8) is 0 Å². The number of hydrogen-bond acceptors (Lipinski definition) is 3. The van der Waals surface area contributed by atoms with E-state index in [-0.39, 0.29) is 6.03 Å². The number of piperidine rings is 1. The lowest BCUT2D eigenvalue weighted by Gasteiger charge is -2.52. The molecule has 0 aliphatic carbocycles. The molecule has 0 radical (unpaired) electrons. The van der Waals surface area contributed by atoms with Crippen LogP contribution in [0.2, 0.25) is 0 Å². The first-order valence-electron chi connectivity index (χ1n) is 9.18. The molecule has 2 amide bonds. The van der Waals surface area contributed by atoms with Gasteiger partial charge in [-0.15, -0.1) is 0 Å². The lowest BCUT2D eigenvalue weighted by atomic mass is 9.80. The highest BCUT2D eigenvalue weighted by atomic mass is 16.2. The molecule has 26 heavy (non-hydrogen) atoms. The summed E-state index contributed by atoms with van der Waals surface area (Å²) in [6.45, 7) is 2.02. The molecule has 2 saturated heterocycles. The summed E-state index contributed by atoms with van der Waals surface area (Å²) in [6.07, 6.45) is 12.3. The van der Waals surface area contributed by atoms with Gasteiger partial charge in [0.2, 0.25) is 0 Å². The molecule has 3 aromatic heterocycles. The Hall–Kier alpha value is -2.89. The predicted molar refractivity (Wildman–Crippen MR) is 100 cm³/mol. The average Bonchev–Trinajstić information content (AvgIpc) is 3.11. The van der Waals surface area contributed by atoms with Crippen LogP contribution in [0.25, 0.3) is 16.8 Å². The molecule has 1 N–H and O–H groups in total. The highest BCUT2D eigenvalue weighted by molar-refractivity contribution is 5.90. The summed E-state index contributed by atoms with van der Waals surface area (Å²) in [5, 5.41) is 2.99. The largest absolute Gasteiger partial charge is 0.323 e. The number of pyridine rings is 1. The van der Waals surface area contributed by atoms with Crippen molar-refractivity contribution in [1.29, 1.82) is 0 Å². The van der Waals surface area contributed by atoms with Crippen LogP contribution in [0, 0.1) is 6.92 Å². The van der Waals surface area contributed by atoms with Crippen molar-refractivity contribution in [2.24, 2.45) is 0 Å². The number of nitrogens with zero attached hydrogens (tertiary/aromatic N) is 4. The van der Waals surface area contributed by atoms with Crippen molar-refractivity contribution >= 4 is 17.5 Å². The zero-order valence-electron chi connectivity index (χ0n) is 14.7. The van der Waals surface area contributed by atoms with Gasteiger partial charge < -0.3 is 9.30 Å². The Morgan fingerprint density at radius 3 is 2.88 bits per heavy atom. The van der Waals surface area contributed by atoms with Gasteiger partial charge in [-0.05, 0) is 61.9 Å². The summed E-state index contributed by atoms with van der Waals surface area (Å²) >= 11 is 0. The topological polar surface area (TPSA) is 62.5 Å². The third-order valence-corrected chi connectivity index (χ3v) is 5.66. The first-order chi connectivity index (χ1) is 12.7. The number of rotatable bonds is 2. The molecule has 2 unspecified atom stereocenters. The molecule has 2 aliphatic rings. The van der Waals surface area contributed by atoms with Crippen LogP contribution in [0.15, 0.2) is 43.0 Å². The Bertz CT molecular complexity index is 981. The Balaban J connectivity index is 1.42. The lowest BCUT2D eigenvalue weighted by molar-refractivity contribution is 0.0173. The van der Waals surface area contributed by atoms with E-state index < -0.39 is 0 Å². The van der Waals surface area contributed by atoms with Gasteiger partial charge in [-0.3, -0.25) is 5.32 Å². The first kappa shape index (κ1) is 15.4. The number of carbonyl (C=O) groups is 1. The maximum atomic E-state index is 12.6. The molecule has 0 aromatic carbocycles. The Morgan fingerprint density at radius 1 is 1.23 bits per heavy atom. The Morgan fingerprint density at radius 2 is 2.08 bits per heavy atom. The second-order valence-electron chi connectivity index (χ2n) is 7.31. The maximum Gasteiger partial charge on any atom is 0.323 e. The molecule has 5 heterocycles. The Labute approximate surface area is 151 Å². The lowest BCUT2D eigenvalue weighted by Crippen LogP contribution is -2.62. The third kappa shape index (κ3) is 2.44. The maximum absolute atomic E-state index is 12.6. The summed E-state index contributed by atoms with van der Waals surface area (Å²) in [7, 11) is 0. The van der Waals surface area contributed by atoms with E-state index in [2.05, 4.69) is 21.5 Å². The SMILES string of the molecule is Cc1cnc(NC(=O)N2C3CCCC2C3)cc1-c1cnc2cccn2c1. The van der Waals surface area contributed by atoms with Crippen LogP contribution in [0.4, 0.5) is 10.6 Å². The van der Waals surface area contributed by atoms with Gasteiger partial charge in [0.25, 0.3) is 0 Å². The molecule has 2 bridgehead atoms. The zero-order chi connectivity index (χ0) is 17.7. The van der Waals surface area contributed by atoms with Gasteiger partial charge in [0.05, 0.1) is 0 Å². The monoisotopic (exact) mass is 347 g/mol. The van der Waals surface area contributed by atoms with E-state index in [1.54, 1.807) is 0 Å². The summed E-state index contributed by atoms with van der Waals surface area (Å²) < 4.78 is 1.99. The normalized spacial score (nSPS) is 21.5. The van der Waals surface area contributed by atoms with Crippen LogP contribution in [0.3, 0.4) is 0 Å². The number of aromatic nitrogens is 3. The van der Waals surface area contributed by atoms with Crippen molar-refractivity contribution in [3.8, 4) is 11.1 Å². The summed E-state index contributed by atoms with van der Waals surface area (Å²) in [4.78, 5) is 23.5. The molecule has 2 fully saturated rings. The number of anilines is 1. The van der Waals surface area contributed by atoms with Gasteiger partial charge in [0.15, 0.2) is 0 Å². The van der Waals surface area contributed by atoms with Gasteiger partial charge in [-0.25, -0.2) is 14.8 Å². The molecule has 2 aliphatic heterocycles. The molecule has 6 nitrogen and oxygen atoms in total. The second kappa shape index (κ2) is 5.83. The fraction of sp³-hybridized carbons (Fsp3) is 0.350. The summed E-state index contributed by atoms with van der Waals surface area (Å²) in [5.74, 6) is 0.591. The third-order valence-electron chi connectivity index (χ3n) is 5.66. The second-order valence-corrected chi connectivity index (χ2v) is 7.31. The molecule has 3 aromatic rings. The minimum absolute atomic E-state index is 0.0211. The molecule has 132 valence electrons. The fourth-order valence-corrected chi connectivity index (χ4v) is 4.27. The Kier molecular flexibility index (Phi) is 3.45. The van der Waals surface area contributed by atoms with Gasteiger partial charge in [-0.1, -0.05) is 0 Å². The van der Waals surface area contributed by atoms with E-state index in [1.807, 2.05) is 53.0 Å². The number of amides is 2.